The Bertz CT molecular complexity index is 1140. The molecule has 1 aromatic heterocycles. The van der Waals surface area contributed by atoms with Gasteiger partial charge in [0.1, 0.15) is 0 Å². The molecule has 3 N–H and O–H groups in total. The van der Waals surface area contributed by atoms with Gasteiger partial charge in [0.05, 0.1) is 18.5 Å². The van der Waals surface area contributed by atoms with Crippen LogP contribution in [-0.4, -0.2) is 52.2 Å². The molecule has 186 valence electrons. The third kappa shape index (κ3) is 6.73. The summed E-state index contributed by atoms with van der Waals surface area (Å²) in [6, 6.07) is 14.7. The molecule has 0 spiro atoms. The standard InChI is InChI=1S/C23H27N3O3.C2H2O4/c1-16(2)18-6-4-17(5-7-18)13-24-23-25-14-20(26(23)10-11-27-3)19-8-9-21-22(12-19)29-15-28-21;3-1(4)2(5)6/h4-9,12,14,16H,10-11,13,15H2,1-3H3,(H,24,25);(H,3,4)(H,5,6). The number of hydrogen-bond donors (Lipinski definition) is 3. The van der Waals surface area contributed by atoms with E-state index in [-0.39, 0.29) is 6.79 Å². The summed E-state index contributed by atoms with van der Waals surface area (Å²) in [5.74, 6) is -0.747. The molecular weight excluding hydrogens is 454 g/mol. The molecule has 0 saturated carbocycles. The van der Waals surface area contributed by atoms with Crippen molar-refractivity contribution in [3.8, 4) is 22.8 Å². The monoisotopic (exact) mass is 483 g/mol. The Kier molecular flexibility index (Phi) is 8.69. The number of fused-ring (bicyclic) bond motifs is 1. The Balaban J connectivity index is 0.000000509. The minimum atomic E-state index is -1.82. The molecule has 0 saturated heterocycles. The molecule has 35 heavy (non-hydrogen) atoms. The topological polar surface area (TPSA) is 132 Å². The molecule has 0 fully saturated rings. The van der Waals surface area contributed by atoms with Gasteiger partial charge in [-0.2, -0.15) is 0 Å². The van der Waals surface area contributed by atoms with E-state index in [1.807, 2.05) is 24.4 Å². The summed E-state index contributed by atoms with van der Waals surface area (Å²) in [4.78, 5) is 22.8. The average Bonchev–Trinajstić information content (AvgIpc) is 3.48. The third-order valence-corrected chi connectivity index (χ3v) is 5.32. The molecule has 2 heterocycles. The molecule has 0 bridgehead atoms. The first kappa shape index (κ1) is 25.6. The van der Waals surface area contributed by atoms with E-state index in [9.17, 15) is 0 Å². The number of aliphatic carboxylic acids is 2. The zero-order valence-corrected chi connectivity index (χ0v) is 19.9. The number of nitrogens with zero attached hydrogens (tertiary/aromatic N) is 2. The fourth-order valence-electron chi connectivity index (χ4n) is 3.41. The van der Waals surface area contributed by atoms with Crippen LogP contribution in [0, 0.1) is 0 Å². The smallest absolute Gasteiger partial charge is 0.414 e. The number of benzene rings is 2. The minimum Gasteiger partial charge on any atom is -0.473 e. The molecule has 1 aliphatic heterocycles. The van der Waals surface area contributed by atoms with Gasteiger partial charge in [-0.3, -0.25) is 0 Å². The van der Waals surface area contributed by atoms with Crippen LogP contribution in [0.25, 0.3) is 11.3 Å². The predicted molar refractivity (Wildman–Crippen MR) is 129 cm³/mol. The maximum absolute atomic E-state index is 9.10. The van der Waals surface area contributed by atoms with Crippen LogP contribution in [0.1, 0.15) is 30.9 Å². The van der Waals surface area contributed by atoms with E-state index < -0.39 is 11.9 Å². The number of imidazole rings is 1. The van der Waals surface area contributed by atoms with Crippen molar-refractivity contribution in [2.75, 3.05) is 25.8 Å². The van der Waals surface area contributed by atoms with Crippen molar-refractivity contribution in [2.45, 2.75) is 32.9 Å². The number of aromatic nitrogens is 2. The van der Waals surface area contributed by atoms with Crippen LogP contribution >= 0.6 is 0 Å². The number of methoxy groups -OCH3 is 1. The number of carbonyl (C=O) groups is 2. The summed E-state index contributed by atoms with van der Waals surface area (Å²) >= 11 is 0. The predicted octanol–water partition coefficient (Wildman–Crippen LogP) is 3.82. The van der Waals surface area contributed by atoms with Crippen molar-refractivity contribution < 1.29 is 34.0 Å². The van der Waals surface area contributed by atoms with Crippen LogP contribution in [0.3, 0.4) is 0 Å². The maximum atomic E-state index is 9.10. The third-order valence-electron chi connectivity index (χ3n) is 5.32. The number of rotatable bonds is 8. The fraction of sp³-hybridized carbons (Fsp3) is 0.320. The second-order valence-electron chi connectivity index (χ2n) is 8.04. The molecule has 0 aliphatic carbocycles. The number of carboxylic acids is 2. The van der Waals surface area contributed by atoms with Crippen molar-refractivity contribution >= 4 is 17.9 Å². The molecule has 10 nitrogen and oxygen atoms in total. The molecule has 0 amide bonds. The molecule has 10 heteroatoms. The first-order chi connectivity index (χ1) is 16.8. The lowest BCUT2D eigenvalue weighted by molar-refractivity contribution is -0.159. The summed E-state index contributed by atoms with van der Waals surface area (Å²) in [6.45, 7) is 6.70. The van der Waals surface area contributed by atoms with Crippen LogP contribution in [-0.2, 0) is 27.4 Å². The largest absolute Gasteiger partial charge is 0.473 e. The lowest BCUT2D eigenvalue weighted by Crippen LogP contribution is -2.11. The summed E-state index contributed by atoms with van der Waals surface area (Å²) in [5.41, 5.74) is 4.62. The van der Waals surface area contributed by atoms with Crippen LogP contribution in [0.15, 0.2) is 48.7 Å². The van der Waals surface area contributed by atoms with E-state index in [1.165, 1.54) is 11.1 Å². The van der Waals surface area contributed by atoms with Crippen molar-refractivity contribution in [1.29, 1.82) is 0 Å². The van der Waals surface area contributed by atoms with Gasteiger partial charge in [0.25, 0.3) is 0 Å². The minimum absolute atomic E-state index is 0.268. The maximum Gasteiger partial charge on any atom is 0.414 e. The first-order valence-corrected chi connectivity index (χ1v) is 11.0. The molecule has 3 aromatic rings. The van der Waals surface area contributed by atoms with E-state index in [0.717, 1.165) is 28.7 Å². The Morgan fingerprint density at radius 1 is 1.09 bits per heavy atom. The second kappa shape index (κ2) is 11.9. The summed E-state index contributed by atoms with van der Waals surface area (Å²) in [5, 5.41) is 18.3. The van der Waals surface area contributed by atoms with Gasteiger partial charge >= 0.3 is 11.9 Å². The number of anilines is 1. The highest BCUT2D eigenvalue weighted by Crippen LogP contribution is 2.36. The Morgan fingerprint density at radius 2 is 1.77 bits per heavy atom. The van der Waals surface area contributed by atoms with E-state index in [0.29, 0.717) is 25.6 Å². The van der Waals surface area contributed by atoms with Crippen molar-refractivity contribution in [1.82, 2.24) is 9.55 Å². The summed E-state index contributed by atoms with van der Waals surface area (Å²) in [7, 11) is 1.71. The Morgan fingerprint density at radius 3 is 2.40 bits per heavy atom. The van der Waals surface area contributed by atoms with Gasteiger partial charge in [-0.15, -0.1) is 0 Å². The second-order valence-corrected chi connectivity index (χ2v) is 8.04. The van der Waals surface area contributed by atoms with Gasteiger partial charge in [-0.25, -0.2) is 14.6 Å². The molecule has 0 atom stereocenters. The van der Waals surface area contributed by atoms with E-state index in [1.54, 1.807) is 7.11 Å². The zero-order chi connectivity index (χ0) is 25.4. The van der Waals surface area contributed by atoms with Gasteiger partial charge in [-0.05, 0) is 35.2 Å². The average molecular weight is 484 g/mol. The van der Waals surface area contributed by atoms with Crippen LogP contribution in [0.4, 0.5) is 5.95 Å². The van der Waals surface area contributed by atoms with Gasteiger partial charge < -0.3 is 34.3 Å². The van der Waals surface area contributed by atoms with Crippen molar-refractivity contribution in [2.24, 2.45) is 0 Å². The van der Waals surface area contributed by atoms with Gasteiger partial charge in [0, 0.05) is 25.8 Å². The van der Waals surface area contributed by atoms with E-state index in [4.69, 9.17) is 34.0 Å². The van der Waals surface area contributed by atoms with E-state index >= 15 is 0 Å². The quantitative estimate of drug-likeness (QED) is 0.409. The number of nitrogens with one attached hydrogen (secondary N) is 1. The molecule has 0 unspecified atom stereocenters. The van der Waals surface area contributed by atoms with Crippen LogP contribution in [0.5, 0.6) is 11.5 Å². The van der Waals surface area contributed by atoms with Crippen molar-refractivity contribution in [3.63, 3.8) is 0 Å². The number of ether oxygens (including phenoxy) is 3. The molecule has 1 aliphatic rings. The van der Waals surface area contributed by atoms with Crippen molar-refractivity contribution in [3.05, 3.63) is 59.8 Å². The lowest BCUT2D eigenvalue weighted by atomic mass is 10.0. The Hall–Kier alpha value is -4.05. The lowest BCUT2D eigenvalue weighted by Gasteiger charge is -2.14. The zero-order valence-electron chi connectivity index (χ0n) is 19.9. The summed E-state index contributed by atoms with van der Waals surface area (Å²) in [6.07, 6.45) is 1.89. The van der Waals surface area contributed by atoms with Gasteiger partial charge in [0.15, 0.2) is 11.5 Å². The summed E-state index contributed by atoms with van der Waals surface area (Å²) < 4.78 is 18.4. The van der Waals surface area contributed by atoms with E-state index in [2.05, 4.69) is 53.0 Å². The van der Waals surface area contributed by atoms with Crippen LogP contribution < -0.4 is 14.8 Å². The number of hydrogen-bond acceptors (Lipinski definition) is 7. The van der Waals surface area contributed by atoms with Gasteiger partial charge in [0.2, 0.25) is 12.7 Å². The van der Waals surface area contributed by atoms with Gasteiger partial charge in [-0.1, -0.05) is 38.1 Å². The normalized spacial score (nSPS) is 11.7. The highest BCUT2D eigenvalue weighted by atomic mass is 16.7. The molecule has 2 aromatic carbocycles. The molecule has 4 rings (SSSR count). The number of carboxylic acid groups (broad SMARTS) is 2. The Labute approximate surface area is 203 Å². The first-order valence-electron chi connectivity index (χ1n) is 11.0. The van der Waals surface area contributed by atoms with Crippen LogP contribution in [0.2, 0.25) is 0 Å². The molecule has 0 radical (unpaired) electrons. The highest BCUT2D eigenvalue weighted by Gasteiger charge is 2.17. The molecular formula is C25H29N3O7. The highest BCUT2D eigenvalue weighted by molar-refractivity contribution is 6.27. The fourth-order valence-corrected chi connectivity index (χ4v) is 3.41. The SMILES string of the molecule is COCCn1c(-c2ccc3c(c2)OCO3)cnc1NCc1ccc(C(C)C)cc1.O=C(O)C(=O)O.